The Morgan fingerprint density at radius 2 is 1.26 bits per heavy atom. The Balaban J connectivity index is 4.68. The second-order valence-electron chi connectivity index (χ2n) is 13.2. The maximum absolute atomic E-state index is 12.7. The van der Waals surface area contributed by atoms with Gasteiger partial charge < -0.3 is 28.8 Å². The van der Waals surface area contributed by atoms with Gasteiger partial charge in [0.25, 0.3) is 7.82 Å². The minimum absolute atomic E-state index is 0.0134. The van der Waals surface area contributed by atoms with Gasteiger partial charge in [0, 0.05) is 6.42 Å². The SMILES string of the molecule is CCC/C=C/CC/C=C/CC/C=C/C(O)C(COP(=O)([O-])OCC[N+](C)(C)C)NC(=O)CCCCC/C=C\CCCCCCCC. The van der Waals surface area contributed by atoms with Gasteiger partial charge in [-0.15, -0.1) is 0 Å². The summed E-state index contributed by atoms with van der Waals surface area (Å²) in [4.78, 5) is 25.1. The van der Waals surface area contributed by atoms with Gasteiger partial charge in [0.2, 0.25) is 5.91 Å². The highest BCUT2D eigenvalue weighted by Gasteiger charge is 2.23. The number of rotatable bonds is 31. The first-order valence-corrected chi connectivity index (χ1v) is 19.5. The number of carbonyl (C=O) groups is 1. The molecule has 268 valence electrons. The van der Waals surface area contributed by atoms with Crippen LogP contribution in [-0.2, 0) is 18.4 Å². The van der Waals surface area contributed by atoms with Crippen LogP contribution in [0.25, 0.3) is 0 Å². The van der Waals surface area contributed by atoms with E-state index >= 15 is 0 Å². The largest absolute Gasteiger partial charge is 0.756 e. The third-order valence-electron chi connectivity index (χ3n) is 7.47. The van der Waals surface area contributed by atoms with E-state index in [1.165, 1.54) is 44.9 Å². The van der Waals surface area contributed by atoms with E-state index < -0.39 is 26.6 Å². The van der Waals surface area contributed by atoms with Crippen LogP contribution >= 0.6 is 7.82 Å². The molecule has 0 aromatic carbocycles. The lowest BCUT2D eigenvalue weighted by Crippen LogP contribution is -2.45. The Kier molecular flexibility index (Phi) is 28.6. The molecule has 0 fully saturated rings. The third-order valence-corrected chi connectivity index (χ3v) is 8.43. The van der Waals surface area contributed by atoms with E-state index in [0.717, 1.165) is 64.2 Å². The zero-order valence-corrected chi connectivity index (χ0v) is 30.9. The first kappa shape index (κ1) is 44.5. The summed E-state index contributed by atoms with van der Waals surface area (Å²) >= 11 is 0. The smallest absolute Gasteiger partial charge is 0.268 e. The molecule has 3 unspecified atom stereocenters. The highest BCUT2D eigenvalue weighted by atomic mass is 31.2. The quantitative estimate of drug-likeness (QED) is 0.0333. The Hall–Kier alpha value is -1.54. The summed E-state index contributed by atoms with van der Waals surface area (Å²) in [6, 6.07) is -0.914. The van der Waals surface area contributed by atoms with Gasteiger partial charge in [-0.05, 0) is 64.2 Å². The molecule has 0 rings (SSSR count). The minimum Gasteiger partial charge on any atom is -0.756 e. The summed E-state index contributed by atoms with van der Waals surface area (Å²) in [6.07, 6.45) is 34.5. The minimum atomic E-state index is -4.59. The fourth-order valence-electron chi connectivity index (χ4n) is 4.54. The summed E-state index contributed by atoms with van der Waals surface area (Å²) in [5.41, 5.74) is 0. The van der Waals surface area contributed by atoms with Gasteiger partial charge in [0.1, 0.15) is 13.2 Å². The first-order chi connectivity index (χ1) is 22.0. The monoisotopic (exact) mass is 668 g/mol. The van der Waals surface area contributed by atoms with Crippen molar-refractivity contribution in [1.29, 1.82) is 0 Å². The molecule has 0 radical (unpaired) electrons. The van der Waals surface area contributed by atoms with Crippen LogP contribution in [0.2, 0.25) is 0 Å². The van der Waals surface area contributed by atoms with Crippen molar-refractivity contribution in [2.24, 2.45) is 0 Å². The predicted molar refractivity (Wildman–Crippen MR) is 191 cm³/mol. The number of hydrogen-bond acceptors (Lipinski definition) is 6. The second kappa shape index (κ2) is 29.6. The van der Waals surface area contributed by atoms with E-state index in [2.05, 4.69) is 55.6 Å². The number of phosphoric acid groups is 1. The standard InChI is InChI=1S/C37H69N2O6P/c1-6-8-10-12-14-16-18-19-21-23-25-27-29-31-37(41)38-35(34-45-46(42,43)44-33-32-39(3,4)5)36(40)30-28-26-24-22-20-17-15-13-11-9-7-2/h11,13,19-22,28,30,35-36,40H,6-10,12,14-18,23-27,29,31-34H2,1-5H3,(H-,38,41,42,43)/b13-11+,21-19-,22-20+,30-28+. The maximum atomic E-state index is 12.7. The second-order valence-corrected chi connectivity index (χ2v) is 14.6. The molecule has 9 heteroatoms. The van der Waals surface area contributed by atoms with Gasteiger partial charge in [0.15, 0.2) is 0 Å². The Labute approximate surface area is 282 Å². The molecule has 1 amide bonds. The predicted octanol–water partition coefficient (Wildman–Crippen LogP) is 8.33. The topological polar surface area (TPSA) is 108 Å². The fraction of sp³-hybridized carbons (Fsp3) is 0.757. The molecule has 0 bridgehead atoms. The molecule has 8 nitrogen and oxygen atoms in total. The Bertz CT molecular complexity index is 897. The number of hydrogen-bond donors (Lipinski definition) is 2. The number of unbranched alkanes of at least 4 members (excludes halogenated alkanes) is 12. The Morgan fingerprint density at radius 1 is 0.739 bits per heavy atom. The summed E-state index contributed by atoms with van der Waals surface area (Å²) in [7, 11) is 1.21. The van der Waals surface area contributed by atoms with Crippen molar-refractivity contribution < 1.29 is 32.9 Å². The zero-order chi connectivity index (χ0) is 34.4. The average Bonchev–Trinajstić information content (AvgIpc) is 2.99. The van der Waals surface area contributed by atoms with Crippen LogP contribution in [-0.4, -0.2) is 68.5 Å². The molecule has 3 atom stereocenters. The lowest BCUT2D eigenvalue weighted by atomic mass is 10.1. The molecule has 0 aromatic heterocycles. The number of aliphatic hydroxyl groups excluding tert-OH is 1. The van der Waals surface area contributed by atoms with Crippen molar-refractivity contribution in [3.8, 4) is 0 Å². The van der Waals surface area contributed by atoms with Gasteiger partial charge >= 0.3 is 0 Å². The van der Waals surface area contributed by atoms with Crippen LogP contribution in [0.3, 0.4) is 0 Å². The number of amides is 1. The molecule has 0 spiro atoms. The molecular weight excluding hydrogens is 599 g/mol. The normalized spacial score (nSPS) is 15.4. The van der Waals surface area contributed by atoms with Crippen LogP contribution in [0.5, 0.6) is 0 Å². The van der Waals surface area contributed by atoms with Gasteiger partial charge in [-0.2, -0.15) is 0 Å². The fourth-order valence-corrected chi connectivity index (χ4v) is 5.26. The molecule has 0 saturated heterocycles. The van der Waals surface area contributed by atoms with Crippen molar-refractivity contribution >= 4 is 13.7 Å². The summed E-state index contributed by atoms with van der Waals surface area (Å²) < 4.78 is 23.0. The van der Waals surface area contributed by atoms with Crippen molar-refractivity contribution in [1.82, 2.24) is 5.32 Å². The number of quaternary nitrogens is 1. The molecule has 0 aliphatic heterocycles. The van der Waals surface area contributed by atoms with E-state index in [1.54, 1.807) is 6.08 Å². The summed E-state index contributed by atoms with van der Waals surface area (Å²) in [5, 5.41) is 13.6. The maximum Gasteiger partial charge on any atom is 0.268 e. The highest BCUT2D eigenvalue weighted by molar-refractivity contribution is 7.45. The van der Waals surface area contributed by atoms with Crippen molar-refractivity contribution in [3.05, 3.63) is 48.6 Å². The van der Waals surface area contributed by atoms with Crippen molar-refractivity contribution in [2.75, 3.05) is 40.9 Å². The molecular formula is C37H69N2O6P. The Morgan fingerprint density at radius 3 is 1.85 bits per heavy atom. The van der Waals surface area contributed by atoms with Gasteiger partial charge in [0.05, 0.1) is 39.9 Å². The van der Waals surface area contributed by atoms with E-state index in [0.29, 0.717) is 17.4 Å². The van der Waals surface area contributed by atoms with Crippen LogP contribution < -0.4 is 10.2 Å². The summed E-state index contributed by atoms with van der Waals surface area (Å²) in [5.74, 6) is -0.234. The first-order valence-electron chi connectivity index (χ1n) is 18.0. The lowest BCUT2D eigenvalue weighted by molar-refractivity contribution is -0.870. The lowest BCUT2D eigenvalue weighted by Gasteiger charge is -2.29. The average molecular weight is 669 g/mol. The van der Waals surface area contributed by atoms with Gasteiger partial charge in [-0.1, -0.05) is 107 Å². The van der Waals surface area contributed by atoms with E-state index in [1.807, 2.05) is 27.2 Å². The van der Waals surface area contributed by atoms with Gasteiger partial charge in [-0.25, -0.2) is 0 Å². The van der Waals surface area contributed by atoms with Crippen LogP contribution in [0, 0.1) is 0 Å². The molecule has 0 saturated carbocycles. The zero-order valence-electron chi connectivity index (χ0n) is 30.0. The summed E-state index contributed by atoms with van der Waals surface area (Å²) in [6.45, 7) is 4.48. The molecule has 0 aromatic rings. The molecule has 2 N–H and O–H groups in total. The number of allylic oxidation sites excluding steroid dienone is 7. The van der Waals surface area contributed by atoms with Crippen molar-refractivity contribution in [2.45, 2.75) is 142 Å². The van der Waals surface area contributed by atoms with E-state index in [9.17, 15) is 19.4 Å². The molecule has 0 heterocycles. The number of aliphatic hydroxyl groups is 1. The van der Waals surface area contributed by atoms with E-state index in [4.69, 9.17) is 9.05 Å². The van der Waals surface area contributed by atoms with Crippen molar-refractivity contribution in [3.63, 3.8) is 0 Å². The molecule has 46 heavy (non-hydrogen) atoms. The van der Waals surface area contributed by atoms with Crippen LogP contribution in [0.15, 0.2) is 48.6 Å². The van der Waals surface area contributed by atoms with Gasteiger partial charge in [-0.3, -0.25) is 9.36 Å². The number of likely N-dealkylation sites (N-methyl/N-ethyl adjacent to an activating group) is 1. The number of phosphoric ester groups is 1. The third kappa shape index (κ3) is 31.1. The van der Waals surface area contributed by atoms with E-state index in [-0.39, 0.29) is 12.5 Å². The van der Waals surface area contributed by atoms with Crippen LogP contribution in [0.4, 0.5) is 0 Å². The van der Waals surface area contributed by atoms with Crippen LogP contribution in [0.1, 0.15) is 129 Å². The highest BCUT2D eigenvalue weighted by Crippen LogP contribution is 2.38. The molecule has 0 aliphatic rings. The number of nitrogens with zero attached hydrogens (tertiary/aromatic N) is 1. The number of nitrogens with one attached hydrogen (secondary N) is 1. The molecule has 0 aliphatic carbocycles. The number of carbonyl (C=O) groups excluding carboxylic acids is 1.